The second-order valence-corrected chi connectivity index (χ2v) is 4.79. The van der Waals surface area contributed by atoms with Crippen LogP contribution in [0.4, 0.5) is 0 Å². The van der Waals surface area contributed by atoms with Gasteiger partial charge in [0.05, 0.1) is 32.0 Å². The van der Waals surface area contributed by atoms with Gasteiger partial charge in [0, 0.05) is 12.0 Å². The molecule has 2 aromatic rings. The molecule has 0 saturated carbocycles. The maximum atomic E-state index is 11.5. The number of aromatic nitrogens is 3. The fourth-order valence-corrected chi connectivity index (χ4v) is 2.25. The van der Waals surface area contributed by atoms with Crippen molar-refractivity contribution in [1.29, 1.82) is 0 Å². The fourth-order valence-electron chi connectivity index (χ4n) is 2.05. The van der Waals surface area contributed by atoms with Gasteiger partial charge in [-0.2, -0.15) is 14.9 Å². The third kappa shape index (κ3) is 3.24. The van der Waals surface area contributed by atoms with E-state index in [-0.39, 0.29) is 17.1 Å². The molecule has 122 valence electrons. The van der Waals surface area contributed by atoms with Gasteiger partial charge in [-0.05, 0) is 24.4 Å². The van der Waals surface area contributed by atoms with Crippen molar-refractivity contribution in [2.45, 2.75) is 13.3 Å². The topological polar surface area (TPSA) is 105 Å². The molecule has 1 aromatic heterocycles. The lowest BCUT2D eigenvalue weighted by Gasteiger charge is -2.15. The first-order chi connectivity index (χ1) is 11.0. The third-order valence-electron chi connectivity index (χ3n) is 3.13. The van der Waals surface area contributed by atoms with Crippen LogP contribution in [0.2, 0.25) is 0 Å². The molecule has 0 amide bonds. The maximum absolute atomic E-state index is 11.5. The Hall–Kier alpha value is -2.68. The van der Waals surface area contributed by atoms with E-state index in [2.05, 4.69) is 15.3 Å². The van der Waals surface area contributed by atoms with Crippen molar-refractivity contribution in [1.82, 2.24) is 14.9 Å². The van der Waals surface area contributed by atoms with Crippen LogP contribution in [0.3, 0.4) is 0 Å². The Balaban J connectivity index is 2.55. The number of nitrogens with zero attached hydrogens (tertiary/aromatic N) is 3. The smallest absolute Gasteiger partial charge is 0.216 e. The number of hydrogen-bond donors (Lipinski definition) is 1. The summed E-state index contributed by atoms with van der Waals surface area (Å²) in [4.78, 5) is 11.5. The first kappa shape index (κ1) is 16.7. The van der Waals surface area contributed by atoms with Crippen LogP contribution < -0.4 is 14.6 Å². The molecule has 1 N–H and O–H groups in total. The van der Waals surface area contributed by atoms with Crippen molar-refractivity contribution < 1.29 is 19.4 Å². The minimum atomic E-state index is -1.39. The summed E-state index contributed by atoms with van der Waals surface area (Å²) in [5.74, 6) is -0.406. The lowest BCUT2D eigenvalue weighted by Crippen LogP contribution is -2.25. The molecule has 0 radical (unpaired) electrons. The number of hydrogen-bond acceptors (Lipinski definition) is 7. The molecule has 0 saturated heterocycles. The first-order valence-electron chi connectivity index (χ1n) is 6.70. The Kier molecular flexibility index (Phi) is 5.12. The number of H-pyrrole nitrogens is 1. The van der Waals surface area contributed by atoms with E-state index in [1.807, 2.05) is 6.92 Å². The predicted octanol–water partition coefficient (Wildman–Crippen LogP) is 0.766. The van der Waals surface area contributed by atoms with Crippen molar-refractivity contribution >= 4 is 24.4 Å². The zero-order chi connectivity index (χ0) is 17.0. The highest BCUT2D eigenvalue weighted by molar-refractivity contribution is 7.71. The lowest BCUT2D eigenvalue weighted by atomic mass is 10.1. The summed E-state index contributed by atoms with van der Waals surface area (Å²) in [7, 11) is 2.77. The second kappa shape index (κ2) is 7.05. The van der Waals surface area contributed by atoms with Crippen molar-refractivity contribution in [2.75, 3.05) is 14.2 Å². The van der Waals surface area contributed by atoms with E-state index in [9.17, 15) is 9.90 Å². The molecule has 0 fully saturated rings. The van der Waals surface area contributed by atoms with E-state index in [0.717, 1.165) is 0 Å². The summed E-state index contributed by atoms with van der Waals surface area (Å²) >= 11 is 5.08. The van der Waals surface area contributed by atoms with Crippen LogP contribution >= 0.6 is 12.2 Å². The first-order valence-corrected chi connectivity index (χ1v) is 7.11. The lowest BCUT2D eigenvalue weighted by molar-refractivity contribution is -0.255. The number of aromatic carboxylic acids is 1. The van der Waals surface area contributed by atoms with Gasteiger partial charge in [-0.25, -0.2) is 0 Å². The molecule has 0 spiro atoms. The highest BCUT2D eigenvalue weighted by Gasteiger charge is 2.15. The average Bonchev–Trinajstić information content (AvgIpc) is 2.91. The Morgan fingerprint density at radius 3 is 2.78 bits per heavy atom. The van der Waals surface area contributed by atoms with E-state index in [1.54, 1.807) is 12.1 Å². The number of aromatic amines is 1. The number of carboxylic acids is 1. The number of carboxylic acid groups (broad SMARTS) is 1. The largest absolute Gasteiger partial charge is 0.545 e. The number of ether oxygens (including phenoxy) is 2. The number of benzene rings is 1. The quantitative estimate of drug-likeness (QED) is 0.617. The molecule has 1 heterocycles. The minimum Gasteiger partial charge on any atom is -0.545 e. The molecule has 1 aromatic carbocycles. The molecule has 9 heteroatoms. The molecular weight excluding hydrogens is 320 g/mol. The molecule has 0 atom stereocenters. The normalized spacial score (nSPS) is 10.9. The van der Waals surface area contributed by atoms with Crippen LogP contribution in [0.5, 0.6) is 11.5 Å². The van der Waals surface area contributed by atoms with Gasteiger partial charge in [0.15, 0.2) is 17.3 Å². The predicted molar refractivity (Wildman–Crippen MR) is 83.7 cm³/mol. The Morgan fingerprint density at radius 1 is 1.48 bits per heavy atom. The van der Waals surface area contributed by atoms with Gasteiger partial charge >= 0.3 is 0 Å². The number of rotatable bonds is 6. The Labute approximate surface area is 137 Å². The fraction of sp³-hybridized carbons (Fsp3) is 0.286. The van der Waals surface area contributed by atoms with Crippen molar-refractivity contribution in [3.8, 4) is 11.5 Å². The molecule has 0 aliphatic carbocycles. The molecule has 0 unspecified atom stereocenters. The number of methoxy groups -OCH3 is 2. The van der Waals surface area contributed by atoms with Gasteiger partial charge in [-0.1, -0.05) is 6.92 Å². The number of nitrogens with one attached hydrogen (secondary N) is 1. The molecule has 2 rings (SSSR count). The zero-order valence-corrected chi connectivity index (χ0v) is 13.6. The van der Waals surface area contributed by atoms with Gasteiger partial charge < -0.3 is 19.4 Å². The van der Waals surface area contributed by atoms with E-state index in [0.29, 0.717) is 22.6 Å². The van der Waals surface area contributed by atoms with Gasteiger partial charge in [-0.15, -0.1) is 0 Å². The molecule has 0 aliphatic rings. The summed E-state index contributed by atoms with van der Waals surface area (Å²) in [5, 5.41) is 22.3. The molecule has 23 heavy (non-hydrogen) atoms. The van der Waals surface area contributed by atoms with Crippen LogP contribution in [0, 0.1) is 4.77 Å². The van der Waals surface area contributed by atoms with Crippen LogP contribution in [0.15, 0.2) is 17.2 Å². The third-order valence-corrected chi connectivity index (χ3v) is 3.39. The highest BCUT2D eigenvalue weighted by Crippen LogP contribution is 2.32. The zero-order valence-electron chi connectivity index (χ0n) is 12.8. The summed E-state index contributed by atoms with van der Waals surface area (Å²) < 4.78 is 11.9. The SMILES string of the molecule is CCc1n[nH]c(=S)n1/N=C\c1ccc(OC)c(OC)c1C(=O)[O-]. The van der Waals surface area contributed by atoms with E-state index >= 15 is 0 Å². The van der Waals surface area contributed by atoms with Crippen molar-refractivity contribution in [3.05, 3.63) is 33.9 Å². The summed E-state index contributed by atoms with van der Waals surface area (Å²) in [5.41, 5.74) is 0.150. The molecular formula is C14H15N4O4S-. The number of aryl methyl sites for hydroxylation is 1. The molecule has 0 aliphatic heterocycles. The van der Waals surface area contributed by atoms with Gasteiger partial charge in [-0.3, -0.25) is 5.10 Å². The molecule has 0 bridgehead atoms. The van der Waals surface area contributed by atoms with Crippen LogP contribution in [0.1, 0.15) is 28.7 Å². The Bertz CT molecular complexity index is 810. The van der Waals surface area contributed by atoms with Gasteiger partial charge in [0.2, 0.25) is 4.77 Å². The highest BCUT2D eigenvalue weighted by atomic mass is 32.1. The van der Waals surface area contributed by atoms with Crippen molar-refractivity contribution in [2.24, 2.45) is 5.10 Å². The van der Waals surface area contributed by atoms with Crippen LogP contribution in [-0.4, -0.2) is 41.3 Å². The van der Waals surface area contributed by atoms with Crippen LogP contribution in [-0.2, 0) is 6.42 Å². The number of carbonyl (C=O) groups is 1. The standard InChI is InChI=1S/C14H16N4O4S/c1-4-10-16-17-14(23)18(10)15-7-8-5-6-9(21-2)12(22-3)11(8)13(19)20/h5-7H,4H2,1-3H3,(H,17,23)(H,19,20)/p-1/b15-7-. The van der Waals surface area contributed by atoms with Gasteiger partial charge in [0.1, 0.15) is 0 Å². The second-order valence-electron chi connectivity index (χ2n) is 4.41. The number of carbonyl (C=O) groups excluding carboxylic acids is 1. The van der Waals surface area contributed by atoms with E-state index in [4.69, 9.17) is 21.7 Å². The molecule has 8 nitrogen and oxygen atoms in total. The van der Waals surface area contributed by atoms with E-state index in [1.165, 1.54) is 25.1 Å². The summed E-state index contributed by atoms with van der Waals surface area (Å²) in [6.45, 7) is 1.90. The van der Waals surface area contributed by atoms with E-state index < -0.39 is 5.97 Å². The Morgan fingerprint density at radius 2 is 2.22 bits per heavy atom. The summed E-state index contributed by atoms with van der Waals surface area (Å²) in [6, 6.07) is 3.13. The van der Waals surface area contributed by atoms with Gasteiger partial charge in [0.25, 0.3) is 0 Å². The summed E-state index contributed by atoms with van der Waals surface area (Å²) in [6.07, 6.45) is 1.97. The average molecular weight is 335 g/mol. The maximum Gasteiger partial charge on any atom is 0.216 e. The monoisotopic (exact) mass is 335 g/mol. The van der Waals surface area contributed by atoms with Crippen molar-refractivity contribution in [3.63, 3.8) is 0 Å². The van der Waals surface area contributed by atoms with Crippen LogP contribution in [0.25, 0.3) is 0 Å². The minimum absolute atomic E-state index is 0.0722.